The molecule has 0 N–H and O–H groups in total. The second kappa shape index (κ2) is 10.5. The number of anilines is 1. The highest BCUT2D eigenvalue weighted by Crippen LogP contribution is 2.34. The second-order valence-electron chi connectivity index (χ2n) is 9.17. The van der Waals surface area contributed by atoms with E-state index in [4.69, 9.17) is 21.9 Å². The number of benzene rings is 1. The lowest BCUT2D eigenvalue weighted by atomic mass is 10.1. The van der Waals surface area contributed by atoms with Crippen molar-refractivity contribution < 1.29 is 9.53 Å². The van der Waals surface area contributed by atoms with Gasteiger partial charge in [0.25, 0.3) is 11.5 Å². The summed E-state index contributed by atoms with van der Waals surface area (Å²) in [5, 5.41) is 0. The van der Waals surface area contributed by atoms with E-state index in [1.165, 1.54) is 21.7 Å². The minimum atomic E-state index is -0.211. The van der Waals surface area contributed by atoms with Gasteiger partial charge in [-0.05, 0) is 50.5 Å². The molecule has 2 aromatic heterocycles. The lowest BCUT2D eigenvalue weighted by Crippen LogP contribution is -2.46. The highest BCUT2D eigenvalue weighted by atomic mass is 32.2. The standard InChI is InChI=1S/C27H28N4O3S2/c1-18-16-29(17-19(2)34-18)24-21(25(32)30-13-7-6-12-23(30)28-24)15-22-26(33)31(27(35)36-22)14-8-11-20-9-4-3-5-10-20/h3-7,9-10,12-13,15,18-19H,8,11,14,16-17H2,1-2H3/b22-15-/t18-,19-/m1/s1. The lowest BCUT2D eigenvalue weighted by molar-refractivity contribution is -0.122. The summed E-state index contributed by atoms with van der Waals surface area (Å²) < 4.78 is 7.93. The van der Waals surface area contributed by atoms with Crippen LogP contribution in [0.3, 0.4) is 0 Å². The first-order valence-electron chi connectivity index (χ1n) is 12.1. The number of thiocarbonyl (C=S) groups is 1. The Morgan fingerprint density at radius 2 is 1.81 bits per heavy atom. The number of nitrogens with zero attached hydrogens (tertiary/aromatic N) is 4. The van der Waals surface area contributed by atoms with E-state index in [-0.39, 0.29) is 23.7 Å². The molecule has 2 saturated heterocycles. The molecule has 2 fully saturated rings. The Morgan fingerprint density at radius 1 is 1.08 bits per heavy atom. The average Bonchev–Trinajstić information content (AvgIpc) is 3.13. The molecule has 36 heavy (non-hydrogen) atoms. The molecule has 7 nitrogen and oxygen atoms in total. The first kappa shape index (κ1) is 24.7. The van der Waals surface area contributed by atoms with Crippen LogP contribution < -0.4 is 10.5 Å². The predicted octanol–water partition coefficient (Wildman–Crippen LogP) is 4.14. The Balaban J connectivity index is 1.46. The van der Waals surface area contributed by atoms with Crippen LogP contribution in [0.5, 0.6) is 0 Å². The highest BCUT2D eigenvalue weighted by molar-refractivity contribution is 8.26. The number of hydrogen-bond donors (Lipinski definition) is 0. The molecule has 1 amide bonds. The van der Waals surface area contributed by atoms with Crippen molar-refractivity contribution in [1.29, 1.82) is 0 Å². The van der Waals surface area contributed by atoms with Crippen LogP contribution in [-0.2, 0) is 16.0 Å². The first-order chi connectivity index (χ1) is 17.4. The van der Waals surface area contributed by atoms with Crippen LogP contribution >= 0.6 is 24.0 Å². The summed E-state index contributed by atoms with van der Waals surface area (Å²) in [7, 11) is 0. The normalized spacial score (nSPS) is 21.7. The van der Waals surface area contributed by atoms with Crippen molar-refractivity contribution in [1.82, 2.24) is 14.3 Å². The highest BCUT2D eigenvalue weighted by Gasteiger charge is 2.33. The number of fused-ring (bicyclic) bond motifs is 1. The van der Waals surface area contributed by atoms with Crippen LogP contribution in [0.15, 0.2) is 64.4 Å². The van der Waals surface area contributed by atoms with Gasteiger partial charge < -0.3 is 9.64 Å². The number of aryl methyl sites for hydroxylation is 1. The maximum Gasteiger partial charge on any atom is 0.267 e. The van der Waals surface area contributed by atoms with Crippen molar-refractivity contribution in [2.24, 2.45) is 0 Å². The van der Waals surface area contributed by atoms with Gasteiger partial charge in [-0.1, -0.05) is 60.4 Å². The molecule has 0 bridgehead atoms. The molecule has 4 heterocycles. The molecule has 0 saturated carbocycles. The number of carbonyl (C=O) groups excluding carboxylic acids is 1. The van der Waals surface area contributed by atoms with Crippen LogP contribution in [0.4, 0.5) is 5.82 Å². The molecule has 0 unspecified atom stereocenters. The van der Waals surface area contributed by atoms with Gasteiger partial charge in [0, 0.05) is 25.8 Å². The fourth-order valence-corrected chi connectivity index (χ4v) is 6.01. The third-order valence-electron chi connectivity index (χ3n) is 6.31. The molecule has 0 radical (unpaired) electrons. The Bertz CT molecular complexity index is 1380. The van der Waals surface area contributed by atoms with E-state index in [0.29, 0.717) is 45.9 Å². The first-order valence-corrected chi connectivity index (χ1v) is 13.3. The predicted molar refractivity (Wildman–Crippen MR) is 148 cm³/mol. The van der Waals surface area contributed by atoms with Crippen molar-refractivity contribution in [3.8, 4) is 0 Å². The number of rotatable bonds is 6. The van der Waals surface area contributed by atoms with Crippen LogP contribution in [0.2, 0.25) is 0 Å². The number of pyridine rings is 1. The Labute approximate surface area is 219 Å². The van der Waals surface area contributed by atoms with E-state index in [1.807, 2.05) is 44.2 Å². The minimum absolute atomic E-state index is 0.000417. The minimum Gasteiger partial charge on any atom is -0.372 e. The van der Waals surface area contributed by atoms with Gasteiger partial charge in [-0.2, -0.15) is 0 Å². The number of aromatic nitrogens is 2. The summed E-state index contributed by atoms with van der Waals surface area (Å²) in [4.78, 5) is 35.9. The molecule has 2 aliphatic rings. The number of ether oxygens (including phenoxy) is 1. The molecule has 1 aromatic carbocycles. The molecule has 5 rings (SSSR count). The van der Waals surface area contributed by atoms with Crippen molar-refractivity contribution >= 4 is 51.7 Å². The van der Waals surface area contributed by atoms with Gasteiger partial charge >= 0.3 is 0 Å². The lowest BCUT2D eigenvalue weighted by Gasteiger charge is -2.36. The summed E-state index contributed by atoms with van der Waals surface area (Å²) in [6.45, 7) is 5.78. The Kier molecular flexibility index (Phi) is 7.22. The summed E-state index contributed by atoms with van der Waals surface area (Å²) >= 11 is 6.78. The molecule has 2 atom stereocenters. The fraction of sp³-hybridized carbons (Fsp3) is 0.333. The van der Waals surface area contributed by atoms with Crippen LogP contribution in [0, 0.1) is 0 Å². The van der Waals surface area contributed by atoms with Gasteiger partial charge in [0.05, 0.1) is 22.7 Å². The zero-order valence-electron chi connectivity index (χ0n) is 20.3. The van der Waals surface area contributed by atoms with Gasteiger partial charge in [0.2, 0.25) is 0 Å². The molecule has 2 aliphatic heterocycles. The van der Waals surface area contributed by atoms with E-state index >= 15 is 0 Å². The third-order valence-corrected chi connectivity index (χ3v) is 7.68. The summed E-state index contributed by atoms with van der Waals surface area (Å²) in [5.41, 5.74) is 1.98. The summed E-state index contributed by atoms with van der Waals surface area (Å²) in [6, 6.07) is 15.7. The number of morpholine rings is 1. The topological polar surface area (TPSA) is 67.2 Å². The van der Waals surface area contributed by atoms with Crippen molar-refractivity contribution in [3.63, 3.8) is 0 Å². The zero-order valence-corrected chi connectivity index (χ0v) is 21.9. The third kappa shape index (κ3) is 5.09. The van der Waals surface area contributed by atoms with E-state index in [2.05, 4.69) is 17.0 Å². The molecule has 186 valence electrons. The number of amides is 1. The Morgan fingerprint density at radius 3 is 2.56 bits per heavy atom. The maximum absolute atomic E-state index is 13.6. The molecule has 3 aromatic rings. The quantitative estimate of drug-likeness (QED) is 0.357. The average molecular weight is 521 g/mol. The molecule has 9 heteroatoms. The monoisotopic (exact) mass is 520 g/mol. The largest absolute Gasteiger partial charge is 0.372 e. The SMILES string of the molecule is C[C@@H]1CN(c2nc3ccccn3c(=O)c2/C=C2\SC(=S)N(CCCc3ccccc3)C2=O)C[C@@H](C)O1. The fourth-order valence-electron chi connectivity index (χ4n) is 4.72. The van der Waals surface area contributed by atoms with E-state index in [9.17, 15) is 9.59 Å². The van der Waals surface area contributed by atoms with Crippen LogP contribution in [0.25, 0.3) is 11.7 Å². The molecular weight excluding hydrogens is 492 g/mol. The van der Waals surface area contributed by atoms with Crippen LogP contribution in [0.1, 0.15) is 31.4 Å². The summed E-state index contributed by atoms with van der Waals surface area (Å²) in [6.07, 6.45) is 5.04. The van der Waals surface area contributed by atoms with Crippen LogP contribution in [-0.4, -0.2) is 56.4 Å². The van der Waals surface area contributed by atoms with E-state index in [1.54, 1.807) is 23.2 Å². The number of carbonyl (C=O) groups is 1. The smallest absolute Gasteiger partial charge is 0.267 e. The van der Waals surface area contributed by atoms with Gasteiger partial charge in [0.15, 0.2) is 0 Å². The second-order valence-corrected chi connectivity index (χ2v) is 10.8. The Hall–Kier alpha value is -3.01. The van der Waals surface area contributed by atoms with E-state index < -0.39 is 0 Å². The van der Waals surface area contributed by atoms with Crippen molar-refractivity contribution in [2.45, 2.75) is 38.9 Å². The number of thioether (sulfide) groups is 1. The maximum atomic E-state index is 13.6. The van der Waals surface area contributed by atoms with Crippen molar-refractivity contribution in [3.05, 3.63) is 81.1 Å². The van der Waals surface area contributed by atoms with Gasteiger partial charge in [-0.25, -0.2) is 4.98 Å². The zero-order chi connectivity index (χ0) is 25.2. The van der Waals surface area contributed by atoms with Gasteiger partial charge in [-0.15, -0.1) is 0 Å². The molecular formula is C27H28N4O3S2. The van der Waals surface area contributed by atoms with E-state index in [0.717, 1.165) is 12.8 Å². The van der Waals surface area contributed by atoms with Crippen molar-refractivity contribution in [2.75, 3.05) is 24.5 Å². The van der Waals surface area contributed by atoms with Gasteiger partial charge in [-0.3, -0.25) is 18.9 Å². The number of hydrogen-bond acceptors (Lipinski definition) is 7. The molecule has 0 spiro atoms. The molecule has 0 aliphatic carbocycles. The summed E-state index contributed by atoms with van der Waals surface area (Å²) in [5.74, 6) is 0.410. The van der Waals surface area contributed by atoms with Gasteiger partial charge in [0.1, 0.15) is 15.8 Å².